The van der Waals surface area contributed by atoms with Gasteiger partial charge in [-0.2, -0.15) is 0 Å². The molecule has 1 saturated heterocycles. The number of rotatable bonds is 7. The Bertz CT molecular complexity index is 1270. The summed E-state index contributed by atoms with van der Waals surface area (Å²) < 4.78 is 8.00. The van der Waals surface area contributed by atoms with E-state index in [1.807, 2.05) is 76.3 Å². The van der Waals surface area contributed by atoms with Gasteiger partial charge in [0.2, 0.25) is 5.91 Å². The number of amides is 1. The number of piperazine rings is 1. The summed E-state index contributed by atoms with van der Waals surface area (Å²) in [4.78, 5) is 26.2. The third-order valence-electron chi connectivity index (χ3n) is 5.85. The molecule has 0 radical (unpaired) electrons. The molecule has 3 aromatic heterocycles. The summed E-state index contributed by atoms with van der Waals surface area (Å²) >= 11 is 1.61. The molecule has 4 heterocycles. The second kappa shape index (κ2) is 10.2. The van der Waals surface area contributed by atoms with Crippen molar-refractivity contribution in [1.29, 1.82) is 0 Å². The number of carbonyl (C=O) groups excluding carboxylic acids is 1. The molecular formula is C26H27N5O2S. The number of hydrogen-bond acceptors (Lipinski definition) is 6. The summed E-state index contributed by atoms with van der Waals surface area (Å²) in [5, 5.41) is 3.03. The van der Waals surface area contributed by atoms with Crippen molar-refractivity contribution < 1.29 is 9.53 Å². The number of hydrogen-bond donors (Lipinski definition) is 0. The highest BCUT2D eigenvalue weighted by Crippen LogP contribution is 2.21. The standard InChI is InChI=1S/C26H27N5O2S/c1-20-27-23(19-34-20)18-33-24-7-3-2-6-21(24)9-10-26(32)30-14-12-29(13-15-30)16-22-17-31-11-5-4-8-25(31)28-22/h2-11,17,19H,12-16,18H2,1H3/b10-9+. The summed E-state index contributed by atoms with van der Waals surface area (Å²) in [6, 6.07) is 13.8. The van der Waals surface area contributed by atoms with Gasteiger partial charge in [0.1, 0.15) is 18.0 Å². The molecule has 1 fully saturated rings. The van der Waals surface area contributed by atoms with E-state index in [1.54, 1.807) is 17.4 Å². The number of nitrogens with zero attached hydrogens (tertiary/aromatic N) is 5. The van der Waals surface area contributed by atoms with Gasteiger partial charge in [-0.05, 0) is 31.2 Å². The highest BCUT2D eigenvalue weighted by atomic mass is 32.1. The van der Waals surface area contributed by atoms with E-state index in [4.69, 9.17) is 4.74 Å². The van der Waals surface area contributed by atoms with Crippen LogP contribution in [0.5, 0.6) is 5.75 Å². The van der Waals surface area contributed by atoms with Crippen LogP contribution < -0.4 is 4.74 Å². The first-order chi connectivity index (χ1) is 16.6. The van der Waals surface area contributed by atoms with Gasteiger partial charge in [-0.3, -0.25) is 9.69 Å². The number of aryl methyl sites for hydroxylation is 1. The van der Waals surface area contributed by atoms with Crippen LogP contribution >= 0.6 is 11.3 Å². The topological polar surface area (TPSA) is 63.0 Å². The third kappa shape index (κ3) is 5.35. The summed E-state index contributed by atoms with van der Waals surface area (Å²) in [5.74, 6) is 0.770. The molecule has 0 saturated carbocycles. The molecule has 0 unspecified atom stereocenters. The number of aromatic nitrogens is 3. The molecule has 174 valence electrons. The Kier molecular flexibility index (Phi) is 6.69. The third-order valence-corrected chi connectivity index (χ3v) is 6.67. The van der Waals surface area contributed by atoms with E-state index >= 15 is 0 Å². The maximum Gasteiger partial charge on any atom is 0.246 e. The average Bonchev–Trinajstić information content (AvgIpc) is 3.47. The minimum absolute atomic E-state index is 0.0253. The van der Waals surface area contributed by atoms with Crippen molar-refractivity contribution in [3.8, 4) is 5.75 Å². The smallest absolute Gasteiger partial charge is 0.246 e. The lowest BCUT2D eigenvalue weighted by molar-refractivity contribution is -0.127. The Morgan fingerprint density at radius 2 is 1.88 bits per heavy atom. The first-order valence-electron chi connectivity index (χ1n) is 11.4. The first kappa shape index (κ1) is 22.3. The fraction of sp³-hybridized carbons (Fsp3) is 0.269. The molecule has 1 aliphatic heterocycles. The van der Waals surface area contributed by atoms with Gasteiger partial charge in [-0.1, -0.05) is 24.3 Å². The summed E-state index contributed by atoms with van der Waals surface area (Å²) in [6.45, 7) is 6.27. The van der Waals surface area contributed by atoms with Crippen molar-refractivity contribution in [2.45, 2.75) is 20.1 Å². The highest BCUT2D eigenvalue weighted by molar-refractivity contribution is 7.09. The predicted molar refractivity (Wildman–Crippen MR) is 134 cm³/mol. The molecule has 1 aliphatic rings. The monoisotopic (exact) mass is 473 g/mol. The molecule has 0 atom stereocenters. The zero-order valence-corrected chi connectivity index (χ0v) is 19.9. The Morgan fingerprint density at radius 1 is 1.06 bits per heavy atom. The average molecular weight is 474 g/mol. The molecule has 1 aromatic carbocycles. The lowest BCUT2D eigenvalue weighted by Gasteiger charge is -2.33. The van der Waals surface area contributed by atoms with E-state index in [2.05, 4.69) is 21.1 Å². The fourth-order valence-electron chi connectivity index (χ4n) is 4.06. The van der Waals surface area contributed by atoms with Gasteiger partial charge < -0.3 is 14.0 Å². The van der Waals surface area contributed by atoms with E-state index < -0.39 is 0 Å². The van der Waals surface area contributed by atoms with Gasteiger partial charge in [0.15, 0.2) is 0 Å². The summed E-state index contributed by atoms with van der Waals surface area (Å²) in [6.07, 6.45) is 7.57. The molecule has 0 bridgehead atoms. The van der Waals surface area contributed by atoms with E-state index in [0.29, 0.717) is 19.7 Å². The summed E-state index contributed by atoms with van der Waals surface area (Å²) in [5.41, 5.74) is 3.81. The number of carbonyl (C=O) groups is 1. The van der Waals surface area contributed by atoms with E-state index in [0.717, 1.165) is 53.0 Å². The van der Waals surface area contributed by atoms with Crippen LogP contribution in [0.15, 0.2) is 66.3 Å². The Hall–Kier alpha value is -3.49. The first-order valence-corrected chi connectivity index (χ1v) is 12.3. The maximum absolute atomic E-state index is 12.8. The molecule has 0 N–H and O–H groups in total. The minimum Gasteiger partial charge on any atom is -0.487 e. The quantitative estimate of drug-likeness (QED) is 0.379. The molecule has 34 heavy (non-hydrogen) atoms. The van der Waals surface area contributed by atoms with Crippen molar-refractivity contribution in [1.82, 2.24) is 24.2 Å². The van der Waals surface area contributed by atoms with Gasteiger partial charge in [-0.15, -0.1) is 11.3 Å². The van der Waals surface area contributed by atoms with Gasteiger partial charge in [0.05, 0.1) is 16.4 Å². The molecule has 0 spiro atoms. The molecular weight excluding hydrogens is 446 g/mol. The number of fused-ring (bicyclic) bond motifs is 1. The lowest BCUT2D eigenvalue weighted by Crippen LogP contribution is -2.47. The molecule has 7 nitrogen and oxygen atoms in total. The van der Waals surface area contributed by atoms with Crippen LogP contribution in [0, 0.1) is 6.92 Å². The van der Waals surface area contributed by atoms with Gasteiger partial charge in [0.25, 0.3) is 0 Å². The second-order valence-corrected chi connectivity index (χ2v) is 9.38. The van der Waals surface area contributed by atoms with Crippen LogP contribution in [0.4, 0.5) is 0 Å². The van der Waals surface area contributed by atoms with E-state index in [1.165, 1.54) is 0 Å². The fourth-order valence-corrected chi connectivity index (χ4v) is 4.66. The number of imidazole rings is 1. The highest BCUT2D eigenvalue weighted by Gasteiger charge is 2.20. The van der Waals surface area contributed by atoms with Crippen LogP contribution in [0.2, 0.25) is 0 Å². The van der Waals surface area contributed by atoms with Crippen molar-refractivity contribution >= 4 is 29.0 Å². The molecule has 0 aliphatic carbocycles. The van der Waals surface area contributed by atoms with Crippen LogP contribution in [0.1, 0.15) is 22.0 Å². The number of benzene rings is 1. The Labute approximate surface area is 202 Å². The maximum atomic E-state index is 12.8. The zero-order valence-electron chi connectivity index (χ0n) is 19.1. The summed E-state index contributed by atoms with van der Waals surface area (Å²) in [7, 11) is 0. The van der Waals surface area contributed by atoms with Crippen LogP contribution in [-0.4, -0.2) is 56.3 Å². The Balaban J connectivity index is 1.14. The number of ether oxygens (including phenoxy) is 1. The van der Waals surface area contributed by atoms with Gasteiger partial charge in [-0.25, -0.2) is 9.97 Å². The van der Waals surface area contributed by atoms with Gasteiger partial charge in [0, 0.05) is 62.1 Å². The predicted octanol–water partition coefficient (Wildman–Crippen LogP) is 4.04. The van der Waals surface area contributed by atoms with Crippen molar-refractivity contribution in [2.75, 3.05) is 26.2 Å². The van der Waals surface area contributed by atoms with E-state index in [9.17, 15) is 4.79 Å². The van der Waals surface area contributed by atoms with Crippen LogP contribution in [0.3, 0.4) is 0 Å². The van der Waals surface area contributed by atoms with E-state index in [-0.39, 0.29) is 5.91 Å². The zero-order chi connectivity index (χ0) is 23.3. The molecule has 8 heteroatoms. The van der Waals surface area contributed by atoms with Crippen LogP contribution in [0.25, 0.3) is 11.7 Å². The van der Waals surface area contributed by atoms with Crippen LogP contribution in [-0.2, 0) is 17.9 Å². The second-order valence-electron chi connectivity index (χ2n) is 8.32. The van der Waals surface area contributed by atoms with Crippen molar-refractivity contribution in [3.63, 3.8) is 0 Å². The largest absolute Gasteiger partial charge is 0.487 e. The number of pyridine rings is 1. The normalized spacial score (nSPS) is 14.8. The Morgan fingerprint density at radius 3 is 2.68 bits per heavy atom. The minimum atomic E-state index is 0.0253. The van der Waals surface area contributed by atoms with Crippen molar-refractivity contribution in [2.24, 2.45) is 0 Å². The SMILES string of the molecule is Cc1nc(COc2ccccc2/C=C/C(=O)N2CCN(Cc3cn4ccccc4n3)CC2)cs1. The number of para-hydroxylation sites is 1. The molecule has 5 rings (SSSR count). The molecule has 1 amide bonds. The number of thiazole rings is 1. The van der Waals surface area contributed by atoms with Crippen molar-refractivity contribution in [3.05, 3.63) is 88.3 Å². The molecule has 4 aromatic rings. The van der Waals surface area contributed by atoms with Gasteiger partial charge >= 0.3 is 0 Å². The lowest BCUT2D eigenvalue weighted by atomic mass is 10.2.